The van der Waals surface area contributed by atoms with Crippen molar-refractivity contribution in [1.29, 1.82) is 0 Å². The summed E-state index contributed by atoms with van der Waals surface area (Å²) in [7, 11) is 2.12. The van der Waals surface area contributed by atoms with Gasteiger partial charge in [-0.1, -0.05) is 25.6 Å². The van der Waals surface area contributed by atoms with Crippen LogP contribution in [0.25, 0.3) is 0 Å². The molecule has 1 heterocycles. The van der Waals surface area contributed by atoms with Gasteiger partial charge in [0, 0.05) is 6.54 Å². The number of likely N-dealkylation sites (tertiary alicyclic amines) is 1. The fourth-order valence-electron chi connectivity index (χ4n) is 2.57. The first-order valence-corrected chi connectivity index (χ1v) is 7.33. The maximum absolute atomic E-state index is 11.3. The highest BCUT2D eigenvalue weighted by Crippen LogP contribution is 2.19. The Kier molecular flexibility index (Phi) is 6.72. The van der Waals surface area contributed by atoms with Gasteiger partial charge < -0.3 is 15.7 Å². The summed E-state index contributed by atoms with van der Waals surface area (Å²) in [6.45, 7) is 3.03. The molecule has 0 aromatic rings. The molecule has 18 heavy (non-hydrogen) atoms. The van der Waals surface area contributed by atoms with Gasteiger partial charge in [0.1, 0.15) is 13.4 Å². The lowest BCUT2D eigenvalue weighted by Gasteiger charge is -2.31. The highest BCUT2D eigenvalue weighted by Gasteiger charge is 2.33. The molecule has 1 aliphatic heterocycles. The van der Waals surface area contributed by atoms with Crippen molar-refractivity contribution < 1.29 is 9.90 Å². The van der Waals surface area contributed by atoms with Crippen molar-refractivity contribution in [2.75, 3.05) is 19.6 Å². The topological polar surface area (TPSA) is 66.6 Å². The second-order valence-corrected chi connectivity index (χ2v) is 5.57. The maximum Gasteiger partial charge on any atom is 0.323 e. The molecule has 1 atom stereocenters. The Labute approximate surface area is 111 Å². The highest BCUT2D eigenvalue weighted by molar-refractivity contribution is 6.08. The molecule has 0 bridgehead atoms. The van der Waals surface area contributed by atoms with Crippen LogP contribution in [-0.2, 0) is 4.79 Å². The third-order valence-corrected chi connectivity index (χ3v) is 3.98. The molecule has 3 N–H and O–H groups in total. The molecule has 1 rings (SSSR count). The third-order valence-electron chi connectivity index (χ3n) is 3.98. The molecule has 0 aliphatic carbocycles. The number of nitrogens with zero attached hydrogens (tertiary/aromatic N) is 1. The van der Waals surface area contributed by atoms with E-state index in [1.54, 1.807) is 0 Å². The molecule has 1 fully saturated rings. The molecule has 0 unspecified atom stereocenters. The summed E-state index contributed by atoms with van der Waals surface area (Å²) in [6.07, 6.45) is 8.04. The van der Waals surface area contributed by atoms with Crippen molar-refractivity contribution in [1.82, 2.24) is 4.90 Å². The van der Waals surface area contributed by atoms with Gasteiger partial charge in [0.25, 0.3) is 0 Å². The van der Waals surface area contributed by atoms with Gasteiger partial charge >= 0.3 is 5.97 Å². The van der Waals surface area contributed by atoms with Crippen molar-refractivity contribution in [2.24, 2.45) is 5.73 Å². The lowest BCUT2D eigenvalue weighted by molar-refractivity contribution is -0.144. The minimum Gasteiger partial charge on any atom is -0.480 e. The van der Waals surface area contributed by atoms with Crippen LogP contribution in [0.2, 0.25) is 6.32 Å². The fraction of sp³-hybridized carbons (Fsp3) is 0.923. The Morgan fingerprint density at radius 1 is 1.22 bits per heavy atom. The van der Waals surface area contributed by atoms with E-state index in [0.29, 0.717) is 12.8 Å². The van der Waals surface area contributed by atoms with E-state index in [1.165, 1.54) is 19.3 Å². The van der Waals surface area contributed by atoms with Crippen molar-refractivity contribution in [3.8, 4) is 0 Å². The van der Waals surface area contributed by atoms with E-state index >= 15 is 0 Å². The van der Waals surface area contributed by atoms with Gasteiger partial charge in [0.2, 0.25) is 0 Å². The first-order valence-electron chi connectivity index (χ1n) is 7.33. The summed E-state index contributed by atoms with van der Waals surface area (Å²) >= 11 is 0. The molecular formula is C13H27BN2O2. The van der Waals surface area contributed by atoms with Gasteiger partial charge in [0.05, 0.1) is 0 Å². The lowest BCUT2D eigenvalue weighted by atomic mass is 9.87. The van der Waals surface area contributed by atoms with Crippen LogP contribution in [0.5, 0.6) is 0 Å². The molecule has 1 aliphatic rings. The van der Waals surface area contributed by atoms with E-state index in [9.17, 15) is 9.90 Å². The standard InChI is InChI=1S/C13H27BN2O2/c14-8-3-2-6-13(15,12(17)18)7-11-16-9-4-1-5-10-16/h1-11,14-15H2,(H,17,18)/t13-/m0/s1. The predicted octanol–water partition coefficient (Wildman–Crippen LogP) is 0.866. The molecule has 0 aromatic carbocycles. The zero-order valence-corrected chi connectivity index (χ0v) is 11.7. The van der Waals surface area contributed by atoms with Gasteiger partial charge in [-0.3, -0.25) is 4.79 Å². The van der Waals surface area contributed by atoms with Crippen LogP contribution >= 0.6 is 0 Å². The summed E-state index contributed by atoms with van der Waals surface area (Å²) in [4.78, 5) is 13.7. The summed E-state index contributed by atoms with van der Waals surface area (Å²) < 4.78 is 0. The van der Waals surface area contributed by atoms with Gasteiger partial charge in [-0.25, -0.2) is 0 Å². The fourth-order valence-corrected chi connectivity index (χ4v) is 2.57. The van der Waals surface area contributed by atoms with Crippen molar-refractivity contribution in [3.63, 3.8) is 0 Å². The van der Waals surface area contributed by atoms with Crippen molar-refractivity contribution in [2.45, 2.75) is 56.8 Å². The highest BCUT2D eigenvalue weighted by atomic mass is 16.4. The Morgan fingerprint density at radius 3 is 2.44 bits per heavy atom. The first-order chi connectivity index (χ1) is 8.58. The summed E-state index contributed by atoms with van der Waals surface area (Å²) in [5.41, 5.74) is 5.05. The monoisotopic (exact) mass is 254 g/mol. The molecule has 0 radical (unpaired) electrons. The minimum atomic E-state index is -1.02. The Balaban J connectivity index is 2.37. The summed E-state index contributed by atoms with van der Waals surface area (Å²) in [6, 6.07) is 0. The van der Waals surface area contributed by atoms with Crippen molar-refractivity contribution >= 4 is 13.8 Å². The second-order valence-electron chi connectivity index (χ2n) is 5.57. The van der Waals surface area contributed by atoms with E-state index in [-0.39, 0.29) is 0 Å². The Bertz CT molecular complexity index is 257. The minimum absolute atomic E-state index is 0.575. The molecule has 104 valence electrons. The van der Waals surface area contributed by atoms with Crippen LogP contribution in [0, 0.1) is 0 Å². The smallest absolute Gasteiger partial charge is 0.323 e. The average molecular weight is 254 g/mol. The summed E-state index contributed by atoms with van der Waals surface area (Å²) in [5, 5.41) is 9.32. The number of carboxylic acid groups (broad SMARTS) is 1. The number of rotatable bonds is 8. The number of aliphatic carboxylic acids is 1. The van der Waals surface area contributed by atoms with Gasteiger partial charge in [0.15, 0.2) is 0 Å². The van der Waals surface area contributed by atoms with Crippen LogP contribution < -0.4 is 5.73 Å². The third kappa shape index (κ3) is 4.98. The van der Waals surface area contributed by atoms with Gasteiger partial charge in [-0.05, 0) is 38.8 Å². The van der Waals surface area contributed by atoms with E-state index in [2.05, 4.69) is 12.7 Å². The molecule has 0 spiro atoms. The van der Waals surface area contributed by atoms with E-state index in [0.717, 1.165) is 38.8 Å². The van der Waals surface area contributed by atoms with E-state index in [1.807, 2.05) is 0 Å². The molecule has 0 amide bonds. The quantitative estimate of drug-likeness (QED) is 0.498. The summed E-state index contributed by atoms with van der Waals surface area (Å²) in [5.74, 6) is -0.837. The largest absolute Gasteiger partial charge is 0.480 e. The average Bonchev–Trinajstić information content (AvgIpc) is 2.38. The number of piperidine rings is 1. The SMILES string of the molecule is BCCCC[C@](N)(CCN1CCCCC1)C(=O)O. The normalized spacial score (nSPS) is 20.5. The number of hydrogen-bond donors (Lipinski definition) is 2. The predicted molar refractivity (Wildman–Crippen MR) is 76.7 cm³/mol. The Morgan fingerprint density at radius 2 is 1.89 bits per heavy atom. The molecular weight excluding hydrogens is 227 g/mol. The van der Waals surface area contributed by atoms with Gasteiger partial charge in [-0.15, -0.1) is 0 Å². The van der Waals surface area contributed by atoms with Crippen LogP contribution in [-0.4, -0.2) is 49.0 Å². The van der Waals surface area contributed by atoms with E-state index in [4.69, 9.17) is 5.73 Å². The number of hydrogen-bond acceptors (Lipinski definition) is 3. The second kappa shape index (κ2) is 7.79. The zero-order chi connectivity index (χ0) is 13.4. The number of unbranched alkanes of at least 4 members (excludes halogenated alkanes) is 1. The zero-order valence-electron chi connectivity index (χ0n) is 11.7. The molecule has 4 nitrogen and oxygen atoms in total. The van der Waals surface area contributed by atoms with Crippen LogP contribution in [0.4, 0.5) is 0 Å². The van der Waals surface area contributed by atoms with Gasteiger partial charge in [-0.2, -0.15) is 0 Å². The van der Waals surface area contributed by atoms with Crippen LogP contribution in [0.3, 0.4) is 0 Å². The van der Waals surface area contributed by atoms with Crippen LogP contribution in [0.15, 0.2) is 0 Å². The Hall–Kier alpha value is -0.545. The number of nitrogens with two attached hydrogens (primary N) is 1. The van der Waals surface area contributed by atoms with Crippen molar-refractivity contribution in [3.05, 3.63) is 0 Å². The number of carboxylic acids is 1. The van der Waals surface area contributed by atoms with Crippen LogP contribution in [0.1, 0.15) is 44.9 Å². The lowest BCUT2D eigenvalue weighted by Crippen LogP contribution is -2.50. The molecule has 0 saturated carbocycles. The van der Waals surface area contributed by atoms with E-state index < -0.39 is 11.5 Å². The molecule has 0 aromatic heterocycles. The molecule has 1 saturated heterocycles. The molecule has 5 heteroatoms. The number of carbonyl (C=O) groups is 1. The first kappa shape index (κ1) is 15.5. The maximum atomic E-state index is 11.3.